The number of nitrogens with zero attached hydrogens (tertiary/aromatic N) is 5. The Balaban J connectivity index is 1.52. The number of aromatic nitrogens is 4. The molecule has 1 fully saturated rings. The number of amides is 2. The van der Waals surface area contributed by atoms with Crippen LogP contribution >= 0.6 is 0 Å². The van der Waals surface area contributed by atoms with E-state index in [2.05, 4.69) is 15.5 Å². The van der Waals surface area contributed by atoms with E-state index >= 15 is 0 Å². The molecule has 10 nitrogen and oxygen atoms in total. The predicted molar refractivity (Wildman–Crippen MR) is 143 cm³/mol. The summed E-state index contributed by atoms with van der Waals surface area (Å²) in [4.78, 5) is 27.9. The van der Waals surface area contributed by atoms with Gasteiger partial charge in [0, 0.05) is 23.4 Å². The Bertz CT molecular complexity index is 1450. The van der Waals surface area contributed by atoms with Gasteiger partial charge >= 0.3 is 6.09 Å². The van der Waals surface area contributed by atoms with E-state index in [0.29, 0.717) is 29.8 Å². The van der Waals surface area contributed by atoms with Gasteiger partial charge < -0.3 is 20.1 Å². The van der Waals surface area contributed by atoms with Crippen molar-refractivity contribution in [2.24, 2.45) is 11.7 Å². The molecule has 0 spiro atoms. The molecular weight excluding hydrogens is 515 g/mol. The van der Waals surface area contributed by atoms with Crippen molar-refractivity contribution in [1.82, 2.24) is 25.1 Å². The van der Waals surface area contributed by atoms with Crippen LogP contribution in [0.5, 0.6) is 5.75 Å². The van der Waals surface area contributed by atoms with Crippen LogP contribution in [0.4, 0.5) is 9.18 Å². The number of tetrazole rings is 1. The number of nitrogens with two attached hydrogens (primary N) is 1. The molecule has 0 unspecified atom stereocenters. The second-order valence-electron chi connectivity index (χ2n) is 9.65. The zero-order valence-electron chi connectivity index (χ0n) is 21.9. The molecule has 1 saturated carbocycles. The normalized spacial score (nSPS) is 18.3. The van der Waals surface area contributed by atoms with Crippen molar-refractivity contribution in [3.05, 3.63) is 102 Å². The molecular formula is C29H29FN6O4. The van der Waals surface area contributed by atoms with Crippen molar-refractivity contribution in [2.75, 3.05) is 7.11 Å². The molecule has 0 saturated heterocycles. The molecule has 40 heavy (non-hydrogen) atoms. The van der Waals surface area contributed by atoms with Crippen LogP contribution in [0, 0.1) is 11.7 Å². The Hall–Kier alpha value is -4.80. The molecule has 0 aliphatic heterocycles. The van der Waals surface area contributed by atoms with Gasteiger partial charge in [-0.05, 0) is 64.7 Å². The highest BCUT2D eigenvalue weighted by Gasteiger charge is 2.45. The monoisotopic (exact) mass is 544 g/mol. The lowest BCUT2D eigenvalue weighted by Gasteiger charge is -2.34. The summed E-state index contributed by atoms with van der Waals surface area (Å²) in [6.07, 6.45) is 1.90. The van der Waals surface area contributed by atoms with Crippen molar-refractivity contribution >= 4 is 12.0 Å². The molecule has 1 aliphatic rings. The molecule has 3 atom stereocenters. The van der Waals surface area contributed by atoms with Gasteiger partial charge in [0.25, 0.3) is 0 Å². The van der Waals surface area contributed by atoms with E-state index in [1.165, 1.54) is 23.1 Å². The minimum Gasteiger partial charge on any atom is -0.496 e. The minimum absolute atomic E-state index is 0.0746. The van der Waals surface area contributed by atoms with Gasteiger partial charge in [0.1, 0.15) is 24.5 Å². The average Bonchev–Trinajstić information content (AvgIpc) is 3.67. The summed E-state index contributed by atoms with van der Waals surface area (Å²) in [6.45, 7) is 0.186. The van der Waals surface area contributed by atoms with E-state index in [1.807, 2.05) is 36.4 Å². The summed E-state index contributed by atoms with van der Waals surface area (Å²) in [7, 11) is 1.55. The Morgan fingerprint density at radius 3 is 2.52 bits per heavy atom. The molecule has 1 aliphatic carbocycles. The van der Waals surface area contributed by atoms with Crippen molar-refractivity contribution in [3.63, 3.8) is 0 Å². The number of hydrogen-bond acceptors (Lipinski definition) is 7. The largest absolute Gasteiger partial charge is 0.496 e. The first-order valence-electron chi connectivity index (χ1n) is 12.9. The van der Waals surface area contributed by atoms with Crippen LogP contribution in [0.2, 0.25) is 0 Å². The first kappa shape index (κ1) is 26.8. The molecule has 5 rings (SSSR count). The number of ether oxygens (including phenoxy) is 2. The summed E-state index contributed by atoms with van der Waals surface area (Å²) in [5, 5.41) is 11.3. The van der Waals surface area contributed by atoms with Crippen molar-refractivity contribution in [3.8, 4) is 11.4 Å². The van der Waals surface area contributed by atoms with Gasteiger partial charge in [-0.2, -0.15) is 0 Å². The van der Waals surface area contributed by atoms with Gasteiger partial charge in [0.05, 0.1) is 19.3 Å². The summed E-state index contributed by atoms with van der Waals surface area (Å²) < 4.78 is 26.7. The zero-order valence-corrected chi connectivity index (χ0v) is 21.9. The quantitative estimate of drug-likeness (QED) is 0.338. The zero-order chi connectivity index (χ0) is 28.1. The maximum absolute atomic E-state index is 13.8. The fraction of sp³-hybridized carbons (Fsp3) is 0.276. The maximum atomic E-state index is 13.8. The highest BCUT2D eigenvalue weighted by molar-refractivity contribution is 5.79. The van der Waals surface area contributed by atoms with E-state index in [0.717, 1.165) is 11.1 Å². The smallest absolute Gasteiger partial charge is 0.410 e. The van der Waals surface area contributed by atoms with Crippen molar-refractivity contribution in [1.29, 1.82) is 0 Å². The molecule has 3 aromatic carbocycles. The van der Waals surface area contributed by atoms with Crippen LogP contribution in [-0.2, 0) is 22.7 Å². The molecule has 2 amide bonds. The molecule has 1 aromatic heterocycles. The number of rotatable bonds is 9. The van der Waals surface area contributed by atoms with E-state index in [1.54, 1.807) is 36.3 Å². The molecule has 4 aromatic rings. The number of carbonyl (C=O) groups is 2. The third kappa shape index (κ3) is 5.78. The lowest BCUT2D eigenvalue weighted by molar-refractivity contribution is -0.122. The van der Waals surface area contributed by atoms with Crippen molar-refractivity contribution < 1.29 is 23.5 Å². The third-order valence-corrected chi connectivity index (χ3v) is 7.30. The summed E-state index contributed by atoms with van der Waals surface area (Å²) >= 11 is 0. The Morgan fingerprint density at radius 1 is 1.07 bits per heavy atom. The van der Waals surface area contributed by atoms with Gasteiger partial charge in [-0.25, -0.2) is 13.9 Å². The van der Waals surface area contributed by atoms with Gasteiger partial charge in [0.2, 0.25) is 5.91 Å². The lowest BCUT2D eigenvalue weighted by Crippen LogP contribution is -2.43. The molecule has 0 bridgehead atoms. The number of halogens is 1. The predicted octanol–water partition coefficient (Wildman–Crippen LogP) is 4.00. The lowest BCUT2D eigenvalue weighted by atomic mass is 9.85. The Morgan fingerprint density at radius 2 is 1.85 bits per heavy atom. The van der Waals surface area contributed by atoms with E-state index < -0.39 is 35.7 Å². The molecule has 11 heteroatoms. The maximum Gasteiger partial charge on any atom is 0.410 e. The van der Waals surface area contributed by atoms with E-state index in [9.17, 15) is 14.0 Å². The van der Waals surface area contributed by atoms with Gasteiger partial charge in [-0.15, -0.1) is 5.10 Å². The number of carbonyl (C=O) groups excluding carboxylic acids is 2. The standard InChI is InChI=1S/C29H29FN6O4/c1-39-26-14-11-23(36-18-32-33-34-36)15-21(26)16-35(29(38)40-17-19-5-3-2-4-6-19)25-13-12-24(28(31)37)27(25)20-7-9-22(30)10-8-20/h2-11,14-15,18,24-25,27H,12-13,16-17H2,1H3,(H2,31,37)/t24-,25-,27+/m0/s1. The fourth-order valence-corrected chi connectivity index (χ4v) is 5.40. The minimum atomic E-state index is -0.555. The topological polar surface area (TPSA) is 125 Å². The van der Waals surface area contributed by atoms with Crippen molar-refractivity contribution in [2.45, 2.75) is 38.0 Å². The van der Waals surface area contributed by atoms with Crippen LogP contribution < -0.4 is 10.5 Å². The number of hydrogen-bond donors (Lipinski definition) is 1. The molecule has 0 radical (unpaired) electrons. The summed E-state index contributed by atoms with van der Waals surface area (Å²) in [6, 6.07) is 20.3. The first-order chi connectivity index (χ1) is 19.4. The van der Waals surface area contributed by atoms with Gasteiger partial charge in [-0.1, -0.05) is 42.5 Å². The van der Waals surface area contributed by atoms with Gasteiger partial charge in [-0.3, -0.25) is 4.79 Å². The molecule has 1 heterocycles. The summed E-state index contributed by atoms with van der Waals surface area (Å²) in [5.41, 5.74) is 8.74. The molecule has 2 N–H and O–H groups in total. The Kier molecular flexibility index (Phi) is 7.99. The number of benzene rings is 3. The van der Waals surface area contributed by atoms with Crippen LogP contribution in [0.3, 0.4) is 0 Å². The fourth-order valence-electron chi connectivity index (χ4n) is 5.40. The van der Waals surface area contributed by atoms with E-state index in [-0.39, 0.29) is 13.2 Å². The average molecular weight is 545 g/mol. The second-order valence-corrected chi connectivity index (χ2v) is 9.65. The third-order valence-electron chi connectivity index (χ3n) is 7.30. The van der Waals surface area contributed by atoms with Crippen LogP contribution in [0.1, 0.15) is 35.4 Å². The first-order valence-corrected chi connectivity index (χ1v) is 12.9. The van der Waals surface area contributed by atoms with Crippen LogP contribution in [0.15, 0.2) is 79.1 Å². The molecule has 206 valence electrons. The van der Waals surface area contributed by atoms with E-state index in [4.69, 9.17) is 15.2 Å². The van der Waals surface area contributed by atoms with Crippen LogP contribution in [0.25, 0.3) is 5.69 Å². The Labute approximate surface area is 230 Å². The SMILES string of the molecule is COc1ccc(-n2cnnn2)cc1CN(C(=O)OCc1ccccc1)[C@H]1CC[C@H](C(N)=O)[C@H]1c1ccc(F)cc1. The van der Waals surface area contributed by atoms with Crippen LogP contribution in [-0.4, -0.2) is 50.3 Å². The summed E-state index contributed by atoms with van der Waals surface area (Å²) in [5.74, 6) is -1.28. The highest BCUT2D eigenvalue weighted by atomic mass is 19.1. The highest BCUT2D eigenvalue weighted by Crippen LogP contribution is 2.43. The second kappa shape index (κ2) is 11.9. The number of methoxy groups -OCH3 is 1. The van der Waals surface area contributed by atoms with Gasteiger partial charge in [0.15, 0.2) is 0 Å². The number of primary amides is 1.